The Morgan fingerprint density at radius 3 is 1.77 bits per heavy atom. The number of carbonyl (C=O) groups is 2. The second kappa shape index (κ2) is 21.4. The van der Waals surface area contributed by atoms with Crippen LogP contribution in [-0.4, -0.2) is 41.9 Å². The summed E-state index contributed by atoms with van der Waals surface area (Å²) >= 11 is 0. The van der Waals surface area contributed by atoms with Crippen LogP contribution >= 0.6 is 0 Å². The van der Waals surface area contributed by atoms with Gasteiger partial charge in [0.15, 0.2) is 5.25 Å². The number of carbonyl (C=O) groups excluding carboxylic acids is 1. The van der Waals surface area contributed by atoms with E-state index in [2.05, 4.69) is 19.1 Å². The number of allylic oxidation sites excluding steroid dienone is 2. The molecule has 0 radical (unpaired) electrons. The van der Waals surface area contributed by atoms with Gasteiger partial charge in [0.05, 0.1) is 13.0 Å². The zero-order valence-electron chi connectivity index (χ0n) is 20.4. The quantitative estimate of drug-likeness (QED) is 0.0918. The van der Waals surface area contributed by atoms with Gasteiger partial charge >= 0.3 is 41.5 Å². The maximum Gasteiger partial charge on any atom is 1.00 e. The van der Waals surface area contributed by atoms with Crippen molar-refractivity contribution in [2.24, 2.45) is 0 Å². The van der Waals surface area contributed by atoms with Gasteiger partial charge in [-0.25, -0.2) is 0 Å². The van der Waals surface area contributed by atoms with Gasteiger partial charge in [-0.05, 0) is 32.1 Å². The van der Waals surface area contributed by atoms with E-state index in [9.17, 15) is 18.0 Å². The molecule has 0 saturated carbocycles. The van der Waals surface area contributed by atoms with E-state index in [1.165, 1.54) is 51.4 Å². The van der Waals surface area contributed by atoms with E-state index in [1.54, 1.807) is 0 Å². The monoisotopic (exact) mass is 472 g/mol. The molecule has 0 saturated heterocycles. The van der Waals surface area contributed by atoms with Gasteiger partial charge < -0.3 is 11.3 Å². The molecule has 0 aromatic rings. The van der Waals surface area contributed by atoms with Gasteiger partial charge in [0, 0.05) is 0 Å². The average Bonchev–Trinajstić information content (AvgIpc) is 2.67. The molecule has 1 unspecified atom stereocenters. The summed E-state index contributed by atoms with van der Waals surface area (Å²) in [7, 11) is -4.83. The summed E-state index contributed by atoms with van der Waals surface area (Å²) < 4.78 is 35.5. The molecule has 0 aliphatic rings. The zero-order chi connectivity index (χ0) is 22.7. The molecule has 2 N–H and O–H groups in total. The summed E-state index contributed by atoms with van der Waals surface area (Å²) in [6, 6.07) is 0. The molecular weight excluding hydrogens is 431 g/mol. The average molecular weight is 473 g/mol. The maximum absolute atomic E-state index is 11.5. The Kier molecular flexibility index (Phi) is 22.7. The molecule has 0 aromatic carbocycles. The molecule has 0 bridgehead atoms. The maximum atomic E-state index is 11.5. The molecule has 9 heteroatoms. The van der Waals surface area contributed by atoms with Crippen molar-refractivity contribution in [2.45, 2.75) is 108 Å². The Morgan fingerprint density at radius 2 is 1.32 bits per heavy atom. The topological polar surface area (TPSA) is 118 Å². The van der Waals surface area contributed by atoms with Crippen LogP contribution in [0.4, 0.5) is 0 Å². The van der Waals surface area contributed by atoms with Crippen molar-refractivity contribution in [2.75, 3.05) is 6.61 Å². The smallest absolute Gasteiger partial charge is 1.00 e. The van der Waals surface area contributed by atoms with Gasteiger partial charge in [-0.1, -0.05) is 76.9 Å². The first-order valence-electron chi connectivity index (χ1n) is 11.3. The van der Waals surface area contributed by atoms with Gasteiger partial charge in [-0.2, -0.15) is 8.42 Å². The summed E-state index contributed by atoms with van der Waals surface area (Å²) in [6.07, 6.45) is 20.0. The van der Waals surface area contributed by atoms with E-state index in [-0.39, 0.29) is 37.6 Å². The van der Waals surface area contributed by atoms with Crippen LogP contribution in [0, 0.1) is 0 Å². The van der Waals surface area contributed by atoms with Gasteiger partial charge in [0.2, 0.25) is 0 Å². The summed E-state index contributed by atoms with van der Waals surface area (Å²) in [4.78, 5) is 22.3. The fourth-order valence-electron chi connectivity index (χ4n) is 3.07. The number of ether oxygens (including phenoxy) is 1. The molecule has 0 aromatic heterocycles. The minimum Gasteiger partial charge on any atom is -1.00 e. The number of hydrogen-bond acceptors (Lipinski definition) is 5. The summed E-state index contributed by atoms with van der Waals surface area (Å²) in [5.41, 5.74) is 0. The molecule has 0 fully saturated rings. The largest absolute Gasteiger partial charge is 1.00 e. The number of carboxylic acids is 1. The number of esters is 1. The van der Waals surface area contributed by atoms with Crippen LogP contribution in [0.2, 0.25) is 0 Å². The fourth-order valence-corrected chi connectivity index (χ4v) is 3.67. The molecule has 7 nitrogen and oxygen atoms in total. The third-order valence-electron chi connectivity index (χ3n) is 4.91. The van der Waals surface area contributed by atoms with E-state index < -0.39 is 33.7 Å². The van der Waals surface area contributed by atoms with Crippen LogP contribution in [0.3, 0.4) is 0 Å². The first kappa shape index (κ1) is 32.8. The Balaban J connectivity index is -0.00000420. The van der Waals surface area contributed by atoms with Crippen LogP contribution < -0.4 is 29.6 Å². The molecule has 0 rings (SSSR count). The van der Waals surface area contributed by atoms with Gasteiger partial charge in [-0.15, -0.1) is 0 Å². The standard InChI is InChI=1S/C22H40O7S.Na.H/c1-2-3-4-5-6-7-8-9-10-11-12-13-14-15-16-17-18-29-21(23)19-20(22(24)25)30(26,27)28;;/h9-10,20H,2-8,11-19H2,1H3,(H,24,25)(H,26,27,28);;/q;+1;-1/b10-9-;;. The zero-order valence-corrected chi connectivity index (χ0v) is 22.2. The van der Waals surface area contributed by atoms with Crippen LogP contribution in [0.5, 0.6) is 0 Å². The second-order valence-electron chi connectivity index (χ2n) is 7.70. The van der Waals surface area contributed by atoms with Crippen molar-refractivity contribution < 1.29 is 63.4 Å². The first-order chi connectivity index (χ1) is 14.3. The van der Waals surface area contributed by atoms with Crippen LogP contribution in [-0.2, 0) is 24.4 Å². The van der Waals surface area contributed by atoms with Crippen molar-refractivity contribution in [3.8, 4) is 0 Å². The summed E-state index contributed by atoms with van der Waals surface area (Å²) in [6.45, 7) is 2.36. The van der Waals surface area contributed by atoms with Crippen LogP contribution in [0.15, 0.2) is 12.2 Å². The van der Waals surface area contributed by atoms with Gasteiger partial charge in [-0.3, -0.25) is 14.1 Å². The Hall–Kier alpha value is -0.410. The number of aliphatic carboxylic acids is 1. The van der Waals surface area contributed by atoms with Crippen LogP contribution in [0.25, 0.3) is 0 Å². The molecule has 1 atom stereocenters. The minimum atomic E-state index is -4.83. The SMILES string of the molecule is CCCCCCCC/C=C\CCCCCCCCOC(=O)CC(C(=O)O)S(=O)(=O)O.[H-].[Na+]. The molecule has 0 heterocycles. The fraction of sp³-hybridized carbons (Fsp3) is 0.818. The van der Waals surface area contributed by atoms with Gasteiger partial charge in [0.25, 0.3) is 10.1 Å². The van der Waals surface area contributed by atoms with Crippen molar-refractivity contribution in [1.82, 2.24) is 0 Å². The molecule has 31 heavy (non-hydrogen) atoms. The molecule has 0 aliphatic carbocycles. The summed E-state index contributed by atoms with van der Waals surface area (Å²) in [5, 5.41) is 6.55. The van der Waals surface area contributed by atoms with E-state index in [0.717, 1.165) is 32.1 Å². The van der Waals surface area contributed by atoms with E-state index in [1.807, 2.05) is 0 Å². The third-order valence-corrected chi connectivity index (χ3v) is 5.99. The van der Waals surface area contributed by atoms with Crippen molar-refractivity contribution in [1.29, 1.82) is 0 Å². The minimum absolute atomic E-state index is 0. The molecule has 0 spiro atoms. The molecule has 0 amide bonds. The number of hydrogen-bond donors (Lipinski definition) is 2. The molecule has 178 valence electrons. The Bertz CT molecular complexity index is 597. The number of rotatable bonds is 20. The van der Waals surface area contributed by atoms with Crippen molar-refractivity contribution >= 4 is 22.1 Å². The van der Waals surface area contributed by atoms with Crippen LogP contribution in [0.1, 0.15) is 105 Å². The molecular formula is C22H41NaO7S. The summed E-state index contributed by atoms with van der Waals surface area (Å²) in [5.74, 6) is -2.71. The van der Waals surface area contributed by atoms with Crippen molar-refractivity contribution in [3.05, 3.63) is 12.2 Å². The predicted molar refractivity (Wildman–Crippen MR) is 119 cm³/mol. The molecule has 0 aliphatic heterocycles. The van der Waals surface area contributed by atoms with Gasteiger partial charge in [0.1, 0.15) is 0 Å². The normalized spacial score (nSPS) is 12.5. The number of unbranched alkanes of at least 4 members (excludes halogenated alkanes) is 12. The van der Waals surface area contributed by atoms with Crippen molar-refractivity contribution in [3.63, 3.8) is 0 Å². The predicted octanol–water partition coefficient (Wildman–Crippen LogP) is 2.41. The second-order valence-corrected chi connectivity index (χ2v) is 9.30. The van der Waals surface area contributed by atoms with E-state index in [0.29, 0.717) is 6.42 Å². The first-order valence-corrected chi connectivity index (χ1v) is 12.8. The van der Waals surface area contributed by atoms with E-state index >= 15 is 0 Å². The Morgan fingerprint density at radius 1 is 0.871 bits per heavy atom. The third kappa shape index (κ3) is 21.2. The van der Waals surface area contributed by atoms with E-state index in [4.69, 9.17) is 14.4 Å². The number of carboxylic acid groups (broad SMARTS) is 1. The Labute approximate surface area is 211 Å².